The maximum absolute atomic E-state index is 11.7. The Labute approximate surface area is 101 Å². The first-order valence-electron chi connectivity index (χ1n) is 5.79. The Morgan fingerprint density at radius 3 is 2.94 bits per heavy atom. The predicted molar refractivity (Wildman–Crippen MR) is 66.0 cm³/mol. The zero-order chi connectivity index (χ0) is 11.7. The molecule has 1 amide bonds. The summed E-state index contributed by atoms with van der Waals surface area (Å²) >= 11 is 3.90. The van der Waals surface area contributed by atoms with E-state index in [0.717, 1.165) is 18.4 Å². The number of nitrogens with two attached hydrogens (primary N) is 1. The summed E-state index contributed by atoms with van der Waals surface area (Å²) in [6.07, 6.45) is 1.31. The zero-order valence-corrected chi connectivity index (χ0v) is 10.3. The van der Waals surface area contributed by atoms with E-state index in [-0.39, 0.29) is 11.9 Å². The summed E-state index contributed by atoms with van der Waals surface area (Å²) in [5, 5.41) is 6.30. The van der Waals surface area contributed by atoms with Crippen molar-refractivity contribution < 1.29 is 4.79 Å². The molecule has 16 heavy (non-hydrogen) atoms. The molecule has 1 aliphatic carbocycles. The van der Waals surface area contributed by atoms with Gasteiger partial charge in [0.25, 0.3) is 0 Å². The molecule has 0 aromatic heterocycles. The van der Waals surface area contributed by atoms with E-state index >= 15 is 0 Å². The van der Waals surface area contributed by atoms with Gasteiger partial charge in [0.05, 0.1) is 0 Å². The number of amides is 1. The van der Waals surface area contributed by atoms with Crippen molar-refractivity contribution in [1.29, 1.82) is 0 Å². The highest BCUT2D eigenvalue weighted by molar-refractivity contribution is 7.78. The number of carbonyl (C=O) groups excluding carboxylic acids is 1. The third-order valence-electron chi connectivity index (χ3n) is 3.68. The minimum Gasteiger partial charge on any atom is -0.353 e. The van der Waals surface area contributed by atoms with Gasteiger partial charge in [-0.25, -0.2) is 0 Å². The average molecular weight is 244 g/mol. The topological polar surface area (TPSA) is 79.2 Å². The molecule has 1 saturated heterocycles. The van der Waals surface area contributed by atoms with Crippen LogP contribution in [-0.4, -0.2) is 37.1 Å². The van der Waals surface area contributed by atoms with Gasteiger partial charge in [0, 0.05) is 18.6 Å². The lowest BCUT2D eigenvalue weighted by molar-refractivity contribution is -0.122. The number of rotatable bonds is 5. The first kappa shape index (κ1) is 12.2. The lowest BCUT2D eigenvalue weighted by atomic mass is 10.1. The lowest BCUT2D eigenvalue weighted by Crippen LogP contribution is -2.52. The number of piperidine rings is 1. The Bertz CT molecular complexity index is 276. The lowest BCUT2D eigenvalue weighted by Gasteiger charge is -2.20. The van der Waals surface area contributed by atoms with Crippen molar-refractivity contribution in [3.63, 3.8) is 0 Å². The van der Waals surface area contributed by atoms with Gasteiger partial charge in [0.2, 0.25) is 5.91 Å². The summed E-state index contributed by atoms with van der Waals surface area (Å²) < 4.78 is 2.68. The summed E-state index contributed by atoms with van der Waals surface area (Å²) in [5.41, 5.74) is 5.76. The molecule has 5 atom stereocenters. The Kier molecular flexibility index (Phi) is 3.73. The van der Waals surface area contributed by atoms with Crippen molar-refractivity contribution in [2.24, 2.45) is 17.6 Å². The Balaban J connectivity index is 1.70. The molecule has 92 valence electrons. The van der Waals surface area contributed by atoms with Gasteiger partial charge in [-0.1, -0.05) is 12.8 Å². The number of hydrogen-bond donors (Lipinski definition) is 5. The molecule has 0 bridgehead atoms. The molecule has 5 N–H and O–H groups in total. The van der Waals surface area contributed by atoms with Crippen LogP contribution in [0.4, 0.5) is 0 Å². The summed E-state index contributed by atoms with van der Waals surface area (Å²) in [6.45, 7) is 3.63. The van der Waals surface area contributed by atoms with Gasteiger partial charge < -0.3 is 16.4 Å². The van der Waals surface area contributed by atoms with Crippen molar-refractivity contribution >= 4 is 18.7 Å². The fourth-order valence-corrected chi connectivity index (χ4v) is 2.47. The Hall–Kier alpha value is -0.300. The van der Waals surface area contributed by atoms with Crippen LogP contribution in [0.15, 0.2) is 0 Å². The minimum atomic E-state index is -0.547. The second-order valence-electron chi connectivity index (χ2n) is 4.86. The average Bonchev–Trinajstić information content (AvgIpc) is 2.98. The van der Waals surface area contributed by atoms with Gasteiger partial charge in [-0.3, -0.25) is 9.52 Å². The first-order valence-corrected chi connectivity index (χ1v) is 6.24. The molecule has 1 heterocycles. The highest BCUT2D eigenvalue weighted by Gasteiger charge is 2.47. The van der Waals surface area contributed by atoms with E-state index < -0.39 is 6.04 Å². The molecule has 0 spiro atoms. The van der Waals surface area contributed by atoms with Crippen LogP contribution in [0.2, 0.25) is 0 Å². The standard InChI is InChI=1S/C10H20N4OS/c1-5(14-16)9(11)10(15)13-4-8-7-2-6(7)3-12-8/h5-9,12,14,16H,2-4,11H2,1H3,(H,13,15)/t5?,6-,7-,8-,9?/m1/s1. The zero-order valence-electron chi connectivity index (χ0n) is 9.44. The van der Waals surface area contributed by atoms with E-state index in [9.17, 15) is 4.79 Å². The third kappa shape index (κ3) is 2.51. The van der Waals surface area contributed by atoms with Gasteiger partial charge >= 0.3 is 0 Å². The smallest absolute Gasteiger partial charge is 0.238 e. The molecule has 0 aromatic rings. The van der Waals surface area contributed by atoms with Crippen LogP contribution in [0.3, 0.4) is 0 Å². The monoisotopic (exact) mass is 244 g/mol. The van der Waals surface area contributed by atoms with Crippen LogP contribution in [-0.2, 0) is 4.79 Å². The molecule has 0 radical (unpaired) electrons. The highest BCUT2D eigenvalue weighted by Crippen LogP contribution is 2.44. The van der Waals surface area contributed by atoms with Crippen LogP contribution in [0.5, 0.6) is 0 Å². The van der Waals surface area contributed by atoms with Gasteiger partial charge in [-0.05, 0) is 31.7 Å². The first-order chi connectivity index (χ1) is 7.63. The fraction of sp³-hybridized carbons (Fsp3) is 0.900. The van der Waals surface area contributed by atoms with Crippen molar-refractivity contribution in [2.45, 2.75) is 31.5 Å². The molecular weight excluding hydrogens is 224 g/mol. The predicted octanol–water partition coefficient (Wildman–Crippen LogP) is -1.14. The number of carbonyl (C=O) groups is 1. The minimum absolute atomic E-state index is 0.111. The molecule has 1 aliphatic heterocycles. The number of fused-ring (bicyclic) bond motifs is 1. The third-order valence-corrected chi connectivity index (χ3v) is 4.08. The van der Waals surface area contributed by atoms with Crippen molar-refractivity contribution in [3.8, 4) is 0 Å². The van der Waals surface area contributed by atoms with Crippen LogP contribution in [0.25, 0.3) is 0 Å². The van der Waals surface area contributed by atoms with Crippen molar-refractivity contribution in [1.82, 2.24) is 15.4 Å². The van der Waals surface area contributed by atoms with Crippen LogP contribution in [0, 0.1) is 11.8 Å². The maximum atomic E-state index is 11.7. The van der Waals surface area contributed by atoms with Gasteiger partial charge in [-0.15, -0.1) is 0 Å². The fourth-order valence-electron chi connectivity index (χ4n) is 2.31. The van der Waals surface area contributed by atoms with E-state index in [1.807, 2.05) is 6.92 Å². The van der Waals surface area contributed by atoms with Crippen LogP contribution in [0.1, 0.15) is 13.3 Å². The molecule has 6 heteroatoms. The van der Waals surface area contributed by atoms with E-state index in [1.54, 1.807) is 0 Å². The number of nitrogens with one attached hydrogen (secondary N) is 3. The Morgan fingerprint density at radius 2 is 2.44 bits per heavy atom. The molecule has 5 nitrogen and oxygen atoms in total. The maximum Gasteiger partial charge on any atom is 0.238 e. The van der Waals surface area contributed by atoms with E-state index in [0.29, 0.717) is 12.6 Å². The molecule has 2 unspecified atom stereocenters. The summed E-state index contributed by atoms with van der Waals surface area (Å²) in [6, 6.07) is -0.233. The molecule has 1 saturated carbocycles. The molecule has 2 fully saturated rings. The number of thiol groups is 1. The van der Waals surface area contributed by atoms with E-state index in [2.05, 4.69) is 28.2 Å². The summed E-state index contributed by atoms with van der Waals surface area (Å²) in [4.78, 5) is 11.7. The van der Waals surface area contributed by atoms with Crippen LogP contribution < -0.4 is 21.1 Å². The second kappa shape index (κ2) is 4.91. The van der Waals surface area contributed by atoms with Gasteiger partial charge in [-0.2, -0.15) is 0 Å². The Morgan fingerprint density at radius 1 is 1.69 bits per heavy atom. The van der Waals surface area contributed by atoms with E-state index in [1.165, 1.54) is 6.42 Å². The highest BCUT2D eigenvalue weighted by atomic mass is 32.1. The molecular formula is C10H20N4OS. The van der Waals surface area contributed by atoms with E-state index in [4.69, 9.17) is 5.73 Å². The van der Waals surface area contributed by atoms with Gasteiger partial charge in [0.1, 0.15) is 6.04 Å². The summed E-state index contributed by atoms with van der Waals surface area (Å²) in [7, 11) is 0. The van der Waals surface area contributed by atoms with Gasteiger partial charge in [0.15, 0.2) is 0 Å². The molecule has 2 rings (SSSR count). The van der Waals surface area contributed by atoms with Crippen molar-refractivity contribution in [3.05, 3.63) is 0 Å². The normalized spacial score (nSPS) is 35.3. The van der Waals surface area contributed by atoms with Crippen LogP contribution >= 0.6 is 12.8 Å². The van der Waals surface area contributed by atoms with Crippen molar-refractivity contribution in [2.75, 3.05) is 13.1 Å². The summed E-state index contributed by atoms with van der Waals surface area (Å²) in [5.74, 6) is 1.52. The largest absolute Gasteiger partial charge is 0.353 e. The molecule has 2 aliphatic rings. The SMILES string of the molecule is CC(NS)C(N)C(=O)NC[C@H]1NC[C@H]2C[C@H]21. The molecule has 0 aromatic carbocycles. The second-order valence-corrected chi connectivity index (χ2v) is 5.12. The quantitative estimate of drug-likeness (QED) is 0.396. The number of hydrogen-bond acceptors (Lipinski definition) is 5.